The number of nitrogens with zero attached hydrogens (tertiary/aromatic N) is 1. The third kappa shape index (κ3) is 2.69. The topological polar surface area (TPSA) is 22.0 Å². The maximum atomic E-state index is 12.4. The summed E-state index contributed by atoms with van der Waals surface area (Å²) in [6.45, 7) is 6.98. The summed E-state index contributed by atoms with van der Waals surface area (Å²) in [5.41, 5.74) is 4.57. The summed E-state index contributed by atoms with van der Waals surface area (Å²) in [6, 6.07) is 18.3. The van der Waals surface area contributed by atoms with E-state index >= 15 is 0 Å². The predicted molar refractivity (Wildman–Crippen MR) is 92.6 cm³/mol. The van der Waals surface area contributed by atoms with Crippen molar-refractivity contribution < 1.29 is 0 Å². The molecule has 2 heteroatoms. The Balaban J connectivity index is 2.12. The summed E-state index contributed by atoms with van der Waals surface area (Å²) in [7, 11) is 0. The van der Waals surface area contributed by atoms with E-state index in [-0.39, 0.29) is 5.56 Å². The normalized spacial score (nSPS) is 11.3. The van der Waals surface area contributed by atoms with Crippen LogP contribution in [0.5, 0.6) is 0 Å². The zero-order valence-electron chi connectivity index (χ0n) is 13.3. The number of fused-ring (bicyclic) bond motifs is 1. The largest absolute Gasteiger partial charge is 0.304 e. The van der Waals surface area contributed by atoms with Gasteiger partial charge in [0.25, 0.3) is 5.56 Å². The SMILES string of the molecule is Cc1cc(=O)n(Cc2cccc(C(C)C)c2)c2ccccc12. The Hall–Kier alpha value is -2.35. The number of hydrogen-bond donors (Lipinski definition) is 0. The lowest BCUT2D eigenvalue weighted by Gasteiger charge is -2.13. The van der Waals surface area contributed by atoms with Crippen LogP contribution in [0.3, 0.4) is 0 Å². The van der Waals surface area contributed by atoms with Crippen molar-refractivity contribution in [2.75, 3.05) is 0 Å². The molecule has 0 saturated heterocycles. The van der Waals surface area contributed by atoms with Crippen molar-refractivity contribution in [3.05, 3.63) is 81.6 Å². The average Bonchev–Trinajstić information content (AvgIpc) is 2.52. The Morgan fingerprint density at radius 2 is 1.77 bits per heavy atom. The minimum absolute atomic E-state index is 0.0613. The zero-order chi connectivity index (χ0) is 15.7. The molecule has 0 fully saturated rings. The second-order valence-corrected chi connectivity index (χ2v) is 6.17. The summed E-state index contributed by atoms with van der Waals surface area (Å²) in [5, 5.41) is 1.14. The summed E-state index contributed by atoms with van der Waals surface area (Å²) in [6.07, 6.45) is 0. The zero-order valence-corrected chi connectivity index (χ0v) is 13.3. The van der Waals surface area contributed by atoms with Crippen molar-refractivity contribution in [3.63, 3.8) is 0 Å². The first-order chi connectivity index (χ1) is 10.6. The van der Waals surface area contributed by atoms with Crippen LogP contribution >= 0.6 is 0 Å². The monoisotopic (exact) mass is 291 g/mol. The van der Waals surface area contributed by atoms with Gasteiger partial charge in [0.15, 0.2) is 0 Å². The molecule has 0 atom stereocenters. The van der Waals surface area contributed by atoms with Gasteiger partial charge in [0, 0.05) is 11.5 Å². The van der Waals surface area contributed by atoms with E-state index in [0.717, 1.165) is 16.5 Å². The van der Waals surface area contributed by atoms with E-state index in [1.54, 1.807) is 6.07 Å². The molecule has 0 radical (unpaired) electrons. The van der Waals surface area contributed by atoms with Gasteiger partial charge in [-0.1, -0.05) is 56.3 Å². The standard InChI is InChI=1S/C20H21NO/c1-14(2)17-8-6-7-16(12-17)13-21-19-10-5-4-9-18(19)15(3)11-20(21)22/h4-12,14H,13H2,1-3H3. The smallest absolute Gasteiger partial charge is 0.251 e. The van der Waals surface area contributed by atoms with Gasteiger partial charge in [-0.15, -0.1) is 0 Å². The van der Waals surface area contributed by atoms with E-state index in [2.05, 4.69) is 44.2 Å². The molecule has 2 nitrogen and oxygen atoms in total. The second-order valence-electron chi connectivity index (χ2n) is 6.17. The molecule has 0 bridgehead atoms. The summed E-state index contributed by atoms with van der Waals surface area (Å²) in [5.74, 6) is 0.492. The number of pyridine rings is 1. The molecule has 2 aromatic carbocycles. The Morgan fingerprint density at radius 1 is 1.00 bits per heavy atom. The average molecular weight is 291 g/mol. The number of benzene rings is 2. The molecule has 0 unspecified atom stereocenters. The van der Waals surface area contributed by atoms with Gasteiger partial charge in [-0.25, -0.2) is 0 Å². The molecule has 0 N–H and O–H groups in total. The molecule has 3 rings (SSSR count). The molecule has 0 spiro atoms. The van der Waals surface area contributed by atoms with E-state index < -0.39 is 0 Å². The summed E-state index contributed by atoms with van der Waals surface area (Å²) in [4.78, 5) is 12.4. The minimum Gasteiger partial charge on any atom is -0.304 e. The molecule has 1 aromatic heterocycles. The summed E-state index contributed by atoms with van der Waals surface area (Å²) >= 11 is 0. The molecule has 22 heavy (non-hydrogen) atoms. The number of hydrogen-bond acceptors (Lipinski definition) is 1. The third-order valence-corrected chi connectivity index (χ3v) is 4.18. The third-order valence-electron chi connectivity index (χ3n) is 4.18. The van der Waals surface area contributed by atoms with Crippen molar-refractivity contribution in [1.82, 2.24) is 4.57 Å². The van der Waals surface area contributed by atoms with Crippen LogP contribution < -0.4 is 5.56 Å². The highest BCUT2D eigenvalue weighted by Gasteiger charge is 2.07. The van der Waals surface area contributed by atoms with Gasteiger partial charge in [0.1, 0.15) is 0 Å². The van der Waals surface area contributed by atoms with Crippen molar-refractivity contribution in [2.24, 2.45) is 0 Å². The molecule has 0 saturated carbocycles. The van der Waals surface area contributed by atoms with E-state index in [1.165, 1.54) is 11.1 Å². The van der Waals surface area contributed by atoms with Crippen molar-refractivity contribution in [2.45, 2.75) is 33.2 Å². The Kier molecular flexibility index (Phi) is 3.84. The van der Waals surface area contributed by atoms with Gasteiger partial charge in [-0.2, -0.15) is 0 Å². The highest BCUT2D eigenvalue weighted by Crippen LogP contribution is 2.19. The number of para-hydroxylation sites is 1. The van der Waals surface area contributed by atoms with Gasteiger partial charge in [-0.05, 0) is 35.6 Å². The number of aryl methyl sites for hydroxylation is 1. The van der Waals surface area contributed by atoms with Crippen LogP contribution in [-0.2, 0) is 6.54 Å². The van der Waals surface area contributed by atoms with Gasteiger partial charge in [0.05, 0.1) is 12.1 Å². The van der Waals surface area contributed by atoms with Gasteiger partial charge >= 0.3 is 0 Å². The molecular weight excluding hydrogens is 270 g/mol. The van der Waals surface area contributed by atoms with Crippen molar-refractivity contribution in [3.8, 4) is 0 Å². The van der Waals surface area contributed by atoms with Gasteiger partial charge in [0.2, 0.25) is 0 Å². The highest BCUT2D eigenvalue weighted by atomic mass is 16.1. The lowest BCUT2D eigenvalue weighted by atomic mass is 10.0. The first-order valence-electron chi connectivity index (χ1n) is 7.74. The van der Waals surface area contributed by atoms with Crippen LogP contribution in [-0.4, -0.2) is 4.57 Å². The van der Waals surface area contributed by atoms with E-state index in [4.69, 9.17) is 0 Å². The molecule has 0 aliphatic carbocycles. The van der Waals surface area contributed by atoms with Gasteiger partial charge in [-0.3, -0.25) is 4.79 Å². The lowest BCUT2D eigenvalue weighted by Crippen LogP contribution is -2.21. The fraction of sp³-hybridized carbons (Fsp3) is 0.250. The van der Waals surface area contributed by atoms with Crippen LogP contribution in [0.1, 0.15) is 36.5 Å². The number of aromatic nitrogens is 1. The van der Waals surface area contributed by atoms with E-state index in [9.17, 15) is 4.79 Å². The predicted octanol–water partition coefficient (Wildman–Crippen LogP) is 4.48. The van der Waals surface area contributed by atoms with E-state index in [1.807, 2.05) is 29.7 Å². The van der Waals surface area contributed by atoms with Crippen LogP contribution in [0.25, 0.3) is 10.9 Å². The first kappa shape index (κ1) is 14.6. The van der Waals surface area contributed by atoms with Crippen LogP contribution in [0, 0.1) is 6.92 Å². The van der Waals surface area contributed by atoms with Crippen molar-refractivity contribution >= 4 is 10.9 Å². The maximum Gasteiger partial charge on any atom is 0.251 e. The molecule has 0 aliphatic heterocycles. The second kappa shape index (κ2) is 5.80. The summed E-state index contributed by atoms with van der Waals surface area (Å²) < 4.78 is 1.86. The fourth-order valence-electron chi connectivity index (χ4n) is 2.90. The van der Waals surface area contributed by atoms with Crippen LogP contribution in [0.4, 0.5) is 0 Å². The molecule has 3 aromatic rings. The molecule has 112 valence electrons. The van der Waals surface area contributed by atoms with E-state index in [0.29, 0.717) is 12.5 Å². The Bertz CT molecular complexity index is 874. The van der Waals surface area contributed by atoms with Crippen LogP contribution in [0.2, 0.25) is 0 Å². The molecule has 1 heterocycles. The molecular formula is C20H21NO. The van der Waals surface area contributed by atoms with Gasteiger partial charge < -0.3 is 4.57 Å². The first-order valence-corrected chi connectivity index (χ1v) is 7.74. The Morgan fingerprint density at radius 3 is 2.55 bits per heavy atom. The minimum atomic E-state index is 0.0613. The lowest BCUT2D eigenvalue weighted by molar-refractivity contribution is 0.786. The fourth-order valence-corrected chi connectivity index (χ4v) is 2.90. The molecule has 0 amide bonds. The van der Waals surface area contributed by atoms with Crippen molar-refractivity contribution in [1.29, 1.82) is 0 Å². The quantitative estimate of drug-likeness (QED) is 0.697. The number of rotatable bonds is 3. The van der Waals surface area contributed by atoms with Crippen LogP contribution in [0.15, 0.2) is 59.4 Å². The maximum absolute atomic E-state index is 12.4. The molecule has 0 aliphatic rings. The Labute approximate surface area is 131 Å². The highest BCUT2D eigenvalue weighted by molar-refractivity contribution is 5.82.